The summed E-state index contributed by atoms with van der Waals surface area (Å²) >= 11 is 6.00. The van der Waals surface area contributed by atoms with Crippen molar-refractivity contribution in [2.75, 3.05) is 6.61 Å². The molecule has 6 heteroatoms. The van der Waals surface area contributed by atoms with E-state index < -0.39 is 33.2 Å². The Balaban J connectivity index is 2.03. The molecule has 0 aromatic heterocycles. The standard InChI is InChI=1S/C17H18ClNO3S/c1-11-5-7-14(8-6-11)23(21,22)16-15(17(16,19)10-20)12-3-2-4-13(18)9-12/h2-9,15-16,20H,10,19H2,1H3/t15-,16-,17-/m1/s1. The summed E-state index contributed by atoms with van der Waals surface area (Å²) in [5.41, 5.74) is 6.72. The van der Waals surface area contributed by atoms with E-state index in [2.05, 4.69) is 0 Å². The smallest absolute Gasteiger partial charge is 0.183 e. The van der Waals surface area contributed by atoms with Crippen molar-refractivity contribution in [1.82, 2.24) is 0 Å². The van der Waals surface area contributed by atoms with E-state index in [1.54, 1.807) is 48.5 Å². The molecular formula is C17H18ClNO3S. The first-order valence-corrected chi connectivity index (χ1v) is 9.19. The van der Waals surface area contributed by atoms with Gasteiger partial charge in [0.2, 0.25) is 0 Å². The summed E-state index contributed by atoms with van der Waals surface area (Å²) in [6, 6.07) is 13.6. The molecule has 122 valence electrons. The van der Waals surface area contributed by atoms with Crippen LogP contribution in [0.1, 0.15) is 17.0 Å². The highest BCUT2D eigenvalue weighted by Crippen LogP contribution is 2.55. The van der Waals surface area contributed by atoms with Crippen molar-refractivity contribution < 1.29 is 13.5 Å². The van der Waals surface area contributed by atoms with Crippen molar-refractivity contribution in [3.05, 3.63) is 64.7 Å². The number of halogens is 1. The fraction of sp³-hybridized carbons (Fsp3) is 0.294. The van der Waals surface area contributed by atoms with E-state index in [-0.39, 0.29) is 4.90 Å². The lowest BCUT2D eigenvalue weighted by Crippen LogP contribution is -2.35. The van der Waals surface area contributed by atoms with Gasteiger partial charge in [-0.1, -0.05) is 41.4 Å². The molecule has 3 N–H and O–H groups in total. The predicted molar refractivity (Wildman–Crippen MR) is 90.4 cm³/mol. The molecule has 0 spiro atoms. The lowest BCUT2D eigenvalue weighted by molar-refractivity contribution is 0.253. The molecule has 3 atom stereocenters. The largest absolute Gasteiger partial charge is 0.394 e. The van der Waals surface area contributed by atoms with Gasteiger partial charge in [-0.15, -0.1) is 0 Å². The second kappa shape index (κ2) is 5.60. The second-order valence-corrected chi connectivity index (χ2v) is 8.59. The maximum Gasteiger partial charge on any atom is 0.183 e. The Morgan fingerprint density at radius 2 is 1.87 bits per heavy atom. The quantitative estimate of drug-likeness (QED) is 0.885. The highest BCUT2D eigenvalue weighted by molar-refractivity contribution is 7.92. The van der Waals surface area contributed by atoms with Crippen molar-refractivity contribution >= 4 is 21.4 Å². The van der Waals surface area contributed by atoms with Crippen LogP contribution in [0.25, 0.3) is 0 Å². The van der Waals surface area contributed by atoms with Crippen molar-refractivity contribution in [1.29, 1.82) is 0 Å². The molecule has 3 rings (SSSR count). The number of aryl methyl sites for hydroxylation is 1. The Kier molecular flexibility index (Phi) is 4.01. The molecule has 1 aliphatic carbocycles. The zero-order chi connectivity index (χ0) is 16.8. The zero-order valence-corrected chi connectivity index (χ0v) is 14.2. The fourth-order valence-electron chi connectivity index (χ4n) is 3.14. The number of hydrogen-bond donors (Lipinski definition) is 2. The van der Waals surface area contributed by atoms with Crippen LogP contribution in [0.5, 0.6) is 0 Å². The third kappa shape index (κ3) is 2.68. The monoisotopic (exact) mass is 351 g/mol. The van der Waals surface area contributed by atoms with Gasteiger partial charge in [0, 0.05) is 10.9 Å². The highest BCUT2D eigenvalue weighted by atomic mass is 35.5. The van der Waals surface area contributed by atoms with Crippen molar-refractivity contribution in [2.45, 2.75) is 28.5 Å². The van der Waals surface area contributed by atoms with Gasteiger partial charge in [0.05, 0.1) is 22.3 Å². The van der Waals surface area contributed by atoms with Crippen LogP contribution < -0.4 is 5.73 Å². The van der Waals surface area contributed by atoms with E-state index in [1.165, 1.54) is 0 Å². The van der Waals surface area contributed by atoms with Crippen LogP contribution in [0, 0.1) is 6.92 Å². The summed E-state index contributed by atoms with van der Waals surface area (Å²) in [4.78, 5) is 0.223. The Hall–Kier alpha value is -1.40. The average molecular weight is 352 g/mol. The minimum atomic E-state index is -3.64. The van der Waals surface area contributed by atoms with Crippen molar-refractivity contribution in [3.63, 3.8) is 0 Å². The third-order valence-corrected chi connectivity index (χ3v) is 7.01. The van der Waals surface area contributed by atoms with E-state index in [4.69, 9.17) is 17.3 Å². The summed E-state index contributed by atoms with van der Waals surface area (Å²) in [6.07, 6.45) is 0. The number of hydrogen-bond acceptors (Lipinski definition) is 4. The average Bonchev–Trinajstić information content (AvgIpc) is 3.15. The molecule has 0 aliphatic heterocycles. The van der Waals surface area contributed by atoms with Crippen molar-refractivity contribution in [3.8, 4) is 0 Å². The van der Waals surface area contributed by atoms with Crippen molar-refractivity contribution in [2.24, 2.45) is 5.73 Å². The number of benzene rings is 2. The summed E-state index contributed by atoms with van der Waals surface area (Å²) in [5.74, 6) is -0.475. The molecule has 4 nitrogen and oxygen atoms in total. The lowest BCUT2D eigenvalue weighted by Gasteiger charge is -2.08. The first kappa shape index (κ1) is 16.5. The topological polar surface area (TPSA) is 80.4 Å². The van der Waals surface area contributed by atoms with Crippen LogP contribution in [-0.4, -0.2) is 30.9 Å². The maximum atomic E-state index is 12.9. The molecule has 0 bridgehead atoms. The van der Waals surface area contributed by atoms with Gasteiger partial charge in [0.25, 0.3) is 0 Å². The Morgan fingerprint density at radius 3 is 2.43 bits per heavy atom. The van der Waals surface area contributed by atoms with Crippen LogP contribution in [0.4, 0.5) is 0 Å². The maximum absolute atomic E-state index is 12.9. The molecule has 2 aromatic rings. The molecule has 0 unspecified atom stereocenters. The van der Waals surface area contributed by atoms with Crippen LogP contribution >= 0.6 is 11.6 Å². The first-order valence-electron chi connectivity index (χ1n) is 7.26. The summed E-state index contributed by atoms with van der Waals surface area (Å²) < 4.78 is 25.8. The fourth-order valence-corrected chi connectivity index (χ4v) is 5.64. The zero-order valence-electron chi connectivity index (χ0n) is 12.6. The molecule has 2 aromatic carbocycles. The minimum Gasteiger partial charge on any atom is -0.394 e. The van der Waals surface area contributed by atoms with Gasteiger partial charge in [0.15, 0.2) is 9.84 Å². The number of aliphatic hydroxyl groups is 1. The summed E-state index contributed by atoms with van der Waals surface area (Å²) in [6.45, 7) is 1.49. The molecular weight excluding hydrogens is 334 g/mol. The van der Waals surface area contributed by atoms with E-state index >= 15 is 0 Å². The molecule has 1 saturated carbocycles. The lowest BCUT2D eigenvalue weighted by atomic mass is 10.1. The van der Waals surface area contributed by atoms with E-state index in [9.17, 15) is 13.5 Å². The normalized spacial score (nSPS) is 27.0. The van der Waals surface area contributed by atoms with Crippen LogP contribution in [0.15, 0.2) is 53.4 Å². The molecule has 1 fully saturated rings. The molecule has 0 saturated heterocycles. The Labute approximate surface area is 140 Å². The van der Waals surface area contributed by atoms with Crippen LogP contribution in [0.2, 0.25) is 5.02 Å². The molecule has 0 heterocycles. The van der Waals surface area contributed by atoms with E-state index in [0.29, 0.717) is 5.02 Å². The number of rotatable bonds is 4. The van der Waals surface area contributed by atoms with Gasteiger partial charge < -0.3 is 10.8 Å². The Morgan fingerprint density at radius 1 is 1.22 bits per heavy atom. The number of nitrogens with two attached hydrogens (primary N) is 1. The molecule has 23 heavy (non-hydrogen) atoms. The molecule has 0 radical (unpaired) electrons. The predicted octanol–water partition coefficient (Wildman–Crippen LogP) is 2.28. The third-order valence-electron chi connectivity index (χ3n) is 4.47. The number of aliphatic hydroxyl groups excluding tert-OH is 1. The highest BCUT2D eigenvalue weighted by Gasteiger charge is 2.69. The van der Waals surface area contributed by atoms with Gasteiger partial charge in [-0.05, 0) is 36.8 Å². The van der Waals surface area contributed by atoms with Gasteiger partial charge >= 0.3 is 0 Å². The SMILES string of the molecule is Cc1ccc(S(=O)(=O)[C@@H]2[C@@H](c3cccc(Cl)c3)[C@]2(N)CO)cc1. The molecule has 0 amide bonds. The van der Waals surface area contributed by atoms with Gasteiger partial charge in [-0.25, -0.2) is 8.42 Å². The van der Waals surface area contributed by atoms with Gasteiger partial charge in [-0.2, -0.15) is 0 Å². The van der Waals surface area contributed by atoms with Crippen LogP contribution in [-0.2, 0) is 9.84 Å². The van der Waals surface area contributed by atoms with E-state index in [0.717, 1.165) is 11.1 Å². The second-order valence-electron chi connectivity index (χ2n) is 6.08. The van der Waals surface area contributed by atoms with E-state index in [1.807, 2.05) is 6.92 Å². The minimum absolute atomic E-state index is 0.223. The van der Waals surface area contributed by atoms with Crippen LogP contribution in [0.3, 0.4) is 0 Å². The Bertz CT molecular complexity index is 835. The van der Waals surface area contributed by atoms with Gasteiger partial charge in [0.1, 0.15) is 0 Å². The first-order chi connectivity index (χ1) is 10.8. The number of sulfone groups is 1. The summed E-state index contributed by atoms with van der Waals surface area (Å²) in [7, 11) is -3.64. The summed E-state index contributed by atoms with van der Waals surface area (Å²) in [5, 5.41) is 9.32. The molecule has 1 aliphatic rings. The van der Waals surface area contributed by atoms with Gasteiger partial charge in [-0.3, -0.25) is 0 Å².